The summed E-state index contributed by atoms with van der Waals surface area (Å²) in [5.41, 5.74) is 1.67. The Balaban J connectivity index is 1.53. The zero-order chi connectivity index (χ0) is 21.6. The van der Waals surface area contributed by atoms with E-state index in [0.717, 1.165) is 5.56 Å². The lowest BCUT2D eigenvalue weighted by atomic mass is 10.2. The number of aryl methyl sites for hydroxylation is 1. The van der Waals surface area contributed by atoms with E-state index in [1.54, 1.807) is 24.3 Å². The number of ether oxygens (including phenoxy) is 2. The Bertz CT molecular complexity index is 1090. The van der Waals surface area contributed by atoms with E-state index in [9.17, 15) is 13.2 Å². The van der Waals surface area contributed by atoms with Gasteiger partial charge in [0.1, 0.15) is 17.2 Å². The second-order valence-corrected chi connectivity index (χ2v) is 8.25. The fourth-order valence-electron chi connectivity index (χ4n) is 2.55. The summed E-state index contributed by atoms with van der Waals surface area (Å²) in [5.74, 6) is 1.39. The number of nitrogens with one attached hydrogen (secondary N) is 2. The first-order valence-corrected chi connectivity index (χ1v) is 10.6. The van der Waals surface area contributed by atoms with Gasteiger partial charge < -0.3 is 14.8 Å². The maximum absolute atomic E-state index is 12.3. The minimum absolute atomic E-state index is 0.0497. The first-order chi connectivity index (χ1) is 14.4. The van der Waals surface area contributed by atoms with Gasteiger partial charge in [-0.1, -0.05) is 17.7 Å². The third kappa shape index (κ3) is 5.82. The number of carbonyl (C=O) groups excluding carboxylic acids is 1. The quantitative estimate of drug-likeness (QED) is 0.573. The monoisotopic (exact) mass is 426 g/mol. The molecule has 0 radical (unpaired) electrons. The second-order valence-electron chi connectivity index (χ2n) is 6.49. The molecule has 0 unspecified atom stereocenters. The van der Waals surface area contributed by atoms with Crippen LogP contribution in [0.3, 0.4) is 0 Å². The Hall–Kier alpha value is -3.36. The van der Waals surface area contributed by atoms with Gasteiger partial charge in [0.05, 0.1) is 18.6 Å². The van der Waals surface area contributed by atoms with Gasteiger partial charge in [-0.15, -0.1) is 0 Å². The summed E-state index contributed by atoms with van der Waals surface area (Å²) in [4.78, 5) is 12.2. The summed E-state index contributed by atoms with van der Waals surface area (Å²) in [7, 11) is -2.31. The van der Waals surface area contributed by atoms with Gasteiger partial charge in [0.25, 0.3) is 0 Å². The molecule has 1 amide bonds. The molecule has 0 aliphatic rings. The van der Waals surface area contributed by atoms with Crippen molar-refractivity contribution in [2.75, 3.05) is 19.0 Å². The summed E-state index contributed by atoms with van der Waals surface area (Å²) in [6, 6.07) is 20.3. The molecular formula is C22H22N2O5S. The van der Waals surface area contributed by atoms with Crippen molar-refractivity contribution in [2.24, 2.45) is 0 Å². The average molecular weight is 426 g/mol. The van der Waals surface area contributed by atoms with Crippen LogP contribution in [0.5, 0.6) is 17.2 Å². The second kappa shape index (κ2) is 9.43. The third-order valence-corrected chi connectivity index (χ3v) is 5.60. The van der Waals surface area contributed by atoms with Crippen LogP contribution in [0.15, 0.2) is 77.7 Å². The topological polar surface area (TPSA) is 93.7 Å². The molecule has 0 atom stereocenters. The molecule has 0 fully saturated rings. The number of hydrogen-bond acceptors (Lipinski definition) is 5. The minimum Gasteiger partial charge on any atom is -0.497 e. The molecule has 0 saturated heterocycles. The molecule has 0 spiro atoms. The van der Waals surface area contributed by atoms with E-state index in [0.29, 0.717) is 22.9 Å². The van der Waals surface area contributed by atoms with Crippen molar-refractivity contribution >= 4 is 21.6 Å². The molecule has 3 aromatic carbocycles. The average Bonchev–Trinajstić information content (AvgIpc) is 2.75. The fourth-order valence-corrected chi connectivity index (χ4v) is 3.53. The highest BCUT2D eigenvalue weighted by atomic mass is 32.2. The Morgan fingerprint density at radius 1 is 0.833 bits per heavy atom. The molecular weight excluding hydrogens is 404 g/mol. The molecule has 3 aromatic rings. The van der Waals surface area contributed by atoms with Crippen LogP contribution in [-0.2, 0) is 14.8 Å². The maximum atomic E-state index is 12.3. The van der Waals surface area contributed by atoms with E-state index < -0.39 is 22.5 Å². The molecule has 30 heavy (non-hydrogen) atoms. The van der Waals surface area contributed by atoms with Crippen LogP contribution in [0, 0.1) is 6.92 Å². The van der Waals surface area contributed by atoms with Crippen molar-refractivity contribution in [2.45, 2.75) is 11.8 Å². The number of hydrogen-bond donors (Lipinski definition) is 2. The van der Waals surface area contributed by atoms with Crippen LogP contribution in [0.1, 0.15) is 5.56 Å². The maximum Gasteiger partial charge on any atom is 0.241 e. The number of benzene rings is 3. The van der Waals surface area contributed by atoms with E-state index >= 15 is 0 Å². The Kier molecular flexibility index (Phi) is 6.71. The lowest BCUT2D eigenvalue weighted by molar-refractivity contribution is -0.115. The van der Waals surface area contributed by atoms with Gasteiger partial charge in [0, 0.05) is 5.69 Å². The Labute approximate surface area is 175 Å². The SMILES string of the molecule is COc1ccc(S(=O)(=O)NCC(=O)Nc2ccc(Oc3ccc(C)cc3)cc2)cc1. The molecule has 7 nitrogen and oxygen atoms in total. The third-order valence-electron chi connectivity index (χ3n) is 4.19. The number of anilines is 1. The van der Waals surface area contributed by atoms with Crippen molar-refractivity contribution in [1.29, 1.82) is 0 Å². The van der Waals surface area contributed by atoms with Crippen molar-refractivity contribution in [3.05, 3.63) is 78.4 Å². The van der Waals surface area contributed by atoms with E-state index in [1.165, 1.54) is 31.4 Å². The fraction of sp³-hybridized carbons (Fsp3) is 0.136. The van der Waals surface area contributed by atoms with Gasteiger partial charge in [-0.3, -0.25) is 4.79 Å². The lowest BCUT2D eigenvalue weighted by Crippen LogP contribution is -2.32. The molecule has 0 saturated carbocycles. The number of rotatable bonds is 8. The zero-order valence-electron chi connectivity index (χ0n) is 16.6. The van der Waals surface area contributed by atoms with Gasteiger partial charge in [0.2, 0.25) is 15.9 Å². The molecule has 0 aliphatic heterocycles. The lowest BCUT2D eigenvalue weighted by Gasteiger charge is -2.10. The van der Waals surface area contributed by atoms with Crippen LogP contribution in [0.4, 0.5) is 5.69 Å². The van der Waals surface area contributed by atoms with Crippen LogP contribution < -0.4 is 19.5 Å². The van der Waals surface area contributed by atoms with Crippen molar-refractivity contribution < 1.29 is 22.7 Å². The van der Waals surface area contributed by atoms with E-state index in [4.69, 9.17) is 9.47 Å². The van der Waals surface area contributed by atoms with Crippen LogP contribution >= 0.6 is 0 Å². The van der Waals surface area contributed by atoms with Gasteiger partial charge in [-0.05, 0) is 67.6 Å². The Morgan fingerprint density at radius 2 is 1.37 bits per heavy atom. The van der Waals surface area contributed by atoms with E-state index in [2.05, 4.69) is 10.0 Å². The zero-order valence-corrected chi connectivity index (χ0v) is 17.4. The van der Waals surface area contributed by atoms with Gasteiger partial charge in [-0.25, -0.2) is 13.1 Å². The van der Waals surface area contributed by atoms with E-state index in [1.807, 2.05) is 31.2 Å². The van der Waals surface area contributed by atoms with Crippen LogP contribution in [0.2, 0.25) is 0 Å². The predicted molar refractivity (Wildman–Crippen MR) is 115 cm³/mol. The molecule has 2 N–H and O–H groups in total. The first-order valence-electron chi connectivity index (χ1n) is 9.14. The summed E-state index contributed by atoms with van der Waals surface area (Å²) >= 11 is 0. The summed E-state index contributed by atoms with van der Waals surface area (Å²) in [5, 5.41) is 2.64. The summed E-state index contributed by atoms with van der Waals surface area (Å²) in [6.07, 6.45) is 0. The van der Waals surface area contributed by atoms with Crippen LogP contribution in [0.25, 0.3) is 0 Å². The standard InChI is InChI=1S/C22H22N2O5S/c1-16-3-7-19(8-4-16)29-20-9-5-17(6-10-20)24-22(25)15-23-30(26,27)21-13-11-18(28-2)12-14-21/h3-14,23H,15H2,1-2H3,(H,24,25). The molecule has 0 aliphatic carbocycles. The normalized spacial score (nSPS) is 11.0. The predicted octanol–water partition coefficient (Wildman–Crippen LogP) is 3.71. The van der Waals surface area contributed by atoms with Crippen molar-refractivity contribution in [1.82, 2.24) is 4.72 Å². The number of methoxy groups -OCH3 is 1. The largest absolute Gasteiger partial charge is 0.497 e. The number of carbonyl (C=O) groups is 1. The van der Waals surface area contributed by atoms with Gasteiger partial charge >= 0.3 is 0 Å². The molecule has 0 aromatic heterocycles. The molecule has 8 heteroatoms. The molecule has 156 valence electrons. The highest BCUT2D eigenvalue weighted by Crippen LogP contribution is 2.23. The summed E-state index contributed by atoms with van der Waals surface area (Å²) < 4.78 is 37.6. The van der Waals surface area contributed by atoms with E-state index in [-0.39, 0.29) is 4.90 Å². The van der Waals surface area contributed by atoms with Crippen LogP contribution in [-0.4, -0.2) is 28.0 Å². The van der Waals surface area contributed by atoms with Gasteiger partial charge in [-0.2, -0.15) is 0 Å². The summed E-state index contributed by atoms with van der Waals surface area (Å²) in [6.45, 7) is 1.61. The van der Waals surface area contributed by atoms with Crippen molar-refractivity contribution in [3.8, 4) is 17.2 Å². The number of sulfonamides is 1. The first kappa shape index (κ1) is 21.4. The number of amides is 1. The smallest absolute Gasteiger partial charge is 0.241 e. The highest BCUT2D eigenvalue weighted by molar-refractivity contribution is 7.89. The molecule has 0 bridgehead atoms. The van der Waals surface area contributed by atoms with Crippen molar-refractivity contribution in [3.63, 3.8) is 0 Å². The minimum atomic E-state index is -3.80. The molecule has 0 heterocycles. The molecule has 3 rings (SSSR count). The highest BCUT2D eigenvalue weighted by Gasteiger charge is 2.15. The van der Waals surface area contributed by atoms with Gasteiger partial charge in [0.15, 0.2) is 0 Å². The Morgan fingerprint density at radius 3 is 1.93 bits per heavy atom.